The Bertz CT molecular complexity index is 410. The summed E-state index contributed by atoms with van der Waals surface area (Å²) in [7, 11) is 0. The first-order valence-corrected chi connectivity index (χ1v) is 7.82. The van der Waals surface area contributed by atoms with Crippen LogP contribution in [0.15, 0.2) is 0 Å². The molecular formula is C13H22N4S. The van der Waals surface area contributed by atoms with E-state index in [9.17, 15) is 0 Å². The molecule has 0 N–H and O–H groups in total. The van der Waals surface area contributed by atoms with Gasteiger partial charge in [0.25, 0.3) is 0 Å². The van der Waals surface area contributed by atoms with E-state index in [0.717, 1.165) is 42.5 Å². The molecule has 0 amide bonds. The SMILES string of the molecule is CCc1nnc(N2CCSC(C)C2C)nc1CC. The minimum absolute atomic E-state index is 0.475. The van der Waals surface area contributed by atoms with Crippen LogP contribution in [0.4, 0.5) is 5.95 Å². The minimum Gasteiger partial charge on any atom is -0.335 e. The number of hydrogen-bond acceptors (Lipinski definition) is 5. The molecule has 100 valence electrons. The number of aryl methyl sites for hydroxylation is 2. The Labute approximate surface area is 114 Å². The number of anilines is 1. The third-order valence-corrected chi connectivity index (χ3v) is 4.98. The van der Waals surface area contributed by atoms with Crippen LogP contribution in [-0.4, -0.2) is 38.8 Å². The average Bonchev–Trinajstić information content (AvgIpc) is 2.41. The van der Waals surface area contributed by atoms with Gasteiger partial charge in [-0.3, -0.25) is 0 Å². The summed E-state index contributed by atoms with van der Waals surface area (Å²) in [6.45, 7) is 9.78. The van der Waals surface area contributed by atoms with E-state index < -0.39 is 0 Å². The molecule has 1 aromatic heterocycles. The maximum absolute atomic E-state index is 4.71. The summed E-state index contributed by atoms with van der Waals surface area (Å²) in [6, 6.07) is 0.475. The highest BCUT2D eigenvalue weighted by atomic mass is 32.2. The van der Waals surface area contributed by atoms with E-state index in [1.165, 1.54) is 0 Å². The maximum atomic E-state index is 4.71. The van der Waals surface area contributed by atoms with Crippen molar-refractivity contribution >= 4 is 17.7 Å². The summed E-state index contributed by atoms with van der Waals surface area (Å²) in [5.74, 6) is 1.95. The van der Waals surface area contributed by atoms with E-state index in [2.05, 4.69) is 42.8 Å². The third-order valence-electron chi connectivity index (χ3n) is 3.64. The van der Waals surface area contributed by atoms with Crippen LogP contribution in [0.1, 0.15) is 39.1 Å². The summed E-state index contributed by atoms with van der Waals surface area (Å²) < 4.78 is 0. The Morgan fingerprint density at radius 3 is 2.56 bits per heavy atom. The van der Waals surface area contributed by atoms with Crippen LogP contribution in [0.3, 0.4) is 0 Å². The van der Waals surface area contributed by atoms with Gasteiger partial charge in [-0.2, -0.15) is 16.9 Å². The molecule has 0 bridgehead atoms. The first-order valence-electron chi connectivity index (χ1n) is 6.78. The second-order valence-electron chi connectivity index (χ2n) is 4.72. The van der Waals surface area contributed by atoms with Gasteiger partial charge in [-0.1, -0.05) is 20.8 Å². The van der Waals surface area contributed by atoms with Crippen molar-refractivity contribution in [3.05, 3.63) is 11.4 Å². The summed E-state index contributed by atoms with van der Waals surface area (Å²) in [4.78, 5) is 7.01. The van der Waals surface area contributed by atoms with Crippen LogP contribution in [0.25, 0.3) is 0 Å². The zero-order chi connectivity index (χ0) is 13.1. The van der Waals surface area contributed by atoms with E-state index in [1.54, 1.807) is 0 Å². The average molecular weight is 266 g/mol. The molecule has 2 rings (SSSR count). The number of rotatable bonds is 3. The molecule has 0 radical (unpaired) electrons. The monoisotopic (exact) mass is 266 g/mol. The Morgan fingerprint density at radius 1 is 1.17 bits per heavy atom. The molecule has 1 fully saturated rings. The van der Waals surface area contributed by atoms with Crippen LogP contribution >= 0.6 is 11.8 Å². The van der Waals surface area contributed by atoms with Crippen molar-refractivity contribution in [2.75, 3.05) is 17.2 Å². The molecule has 18 heavy (non-hydrogen) atoms. The highest BCUT2D eigenvalue weighted by Gasteiger charge is 2.27. The van der Waals surface area contributed by atoms with Crippen LogP contribution in [0.2, 0.25) is 0 Å². The number of hydrogen-bond donors (Lipinski definition) is 0. The van der Waals surface area contributed by atoms with Gasteiger partial charge in [0.1, 0.15) is 0 Å². The number of aromatic nitrogens is 3. The fraction of sp³-hybridized carbons (Fsp3) is 0.769. The van der Waals surface area contributed by atoms with Crippen molar-refractivity contribution in [2.24, 2.45) is 0 Å². The highest BCUT2D eigenvalue weighted by molar-refractivity contribution is 8.00. The van der Waals surface area contributed by atoms with E-state index in [4.69, 9.17) is 4.98 Å². The lowest BCUT2D eigenvalue weighted by atomic mass is 10.2. The molecule has 1 aromatic rings. The third kappa shape index (κ3) is 2.60. The normalized spacial score (nSPS) is 24.3. The van der Waals surface area contributed by atoms with Gasteiger partial charge >= 0.3 is 0 Å². The van der Waals surface area contributed by atoms with Crippen molar-refractivity contribution in [1.82, 2.24) is 15.2 Å². The summed E-state index contributed by atoms with van der Waals surface area (Å²) in [5, 5.41) is 9.29. The second-order valence-corrected chi connectivity index (χ2v) is 6.21. The topological polar surface area (TPSA) is 41.9 Å². The van der Waals surface area contributed by atoms with Crippen molar-refractivity contribution in [2.45, 2.75) is 51.8 Å². The standard InChI is InChI=1S/C13H22N4S/c1-5-11-12(6-2)15-16-13(14-11)17-7-8-18-10(4)9(17)3/h9-10H,5-8H2,1-4H3. The van der Waals surface area contributed by atoms with Gasteiger partial charge in [0.05, 0.1) is 11.4 Å². The fourth-order valence-electron chi connectivity index (χ4n) is 2.27. The van der Waals surface area contributed by atoms with E-state index in [-0.39, 0.29) is 0 Å². The lowest BCUT2D eigenvalue weighted by molar-refractivity contribution is 0.602. The molecular weight excluding hydrogens is 244 g/mol. The smallest absolute Gasteiger partial charge is 0.245 e. The van der Waals surface area contributed by atoms with Gasteiger partial charge in [-0.15, -0.1) is 5.10 Å². The Hall–Kier alpha value is -0.840. The Morgan fingerprint density at radius 2 is 1.89 bits per heavy atom. The van der Waals surface area contributed by atoms with Crippen LogP contribution in [-0.2, 0) is 12.8 Å². The van der Waals surface area contributed by atoms with Gasteiger partial charge in [-0.05, 0) is 19.8 Å². The maximum Gasteiger partial charge on any atom is 0.245 e. The Balaban J connectivity index is 2.27. The molecule has 0 saturated carbocycles. The molecule has 0 aromatic carbocycles. The predicted molar refractivity (Wildman–Crippen MR) is 77.3 cm³/mol. The van der Waals surface area contributed by atoms with Gasteiger partial charge in [-0.25, -0.2) is 4.98 Å². The zero-order valence-corrected chi connectivity index (χ0v) is 12.5. The quantitative estimate of drug-likeness (QED) is 0.840. The van der Waals surface area contributed by atoms with Crippen LogP contribution in [0, 0.1) is 0 Å². The van der Waals surface area contributed by atoms with Crippen LogP contribution in [0.5, 0.6) is 0 Å². The lowest BCUT2D eigenvalue weighted by Crippen LogP contribution is -2.45. The van der Waals surface area contributed by atoms with E-state index >= 15 is 0 Å². The molecule has 2 heterocycles. The predicted octanol–water partition coefficient (Wildman–Crippen LogP) is 2.33. The van der Waals surface area contributed by atoms with Crippen molar-refractivity contribution in [3.63, 3.8) is 0 Å². The van der Waals surface area contributed by atoms with Gasteiger partial charge in [0.2, 0.25) is 5.95 Å². The van der Waals surface area contributed by atoms with Gasteiger partial charge < -0.3 is 4.90 Å². The summed E-state index contributed by atoms with van der Waals surface area (Å²) >= 11 is 2.02. The second kappa shape index (κ2) is 5.87. The fourth-order valence-corrected chi connectivity index (χ4v) is 3.36. The lowest BCUT2D eigenvalue weighted by Gasteiger charge is -2.37. The molecule has 1 saturated heterocycles. The Kier molecular flexibility index (Phi) is 4.43. The first-order chi connectivity index (χ1) is 8.67. The van der Waals surface area contributed by atoms with Crippen molar-refractivity contribution in [3.8, 4) is 0 Å². The summed E-state index contributed by atoms with van der Waals surface area (Å²) in [6.07, 6.45) is 1.84. The highest BCUT2D eigenvalue weighted by Crippen LogP contribution is 2.27. The number of thioether (sulfide) groups is 1. The molecule has 0 spiro atoms. The van der Waals surface area contributed by atoms with E-state index in [0.29, 0.717) is 11.3 Å². The van der Waals surface area contributed by atoms with Crippen LogP contribution < -0.4 is 4.90 Å². The van der Waals surface area contributed by atoms with Crippen molar-refractivity contribution in [1.29, 1.82) is 0 Å². The van der Waals surface area contributed by atoms with E-state index in [1.807, 2.05) is 11.8 Å². The molecule has 1 aliphatic heterocycles. The molecule has 4 nitrogen and oxygen atoms in total. The molecule has 2 unspecified atom stereocenters. The number of nitrogens with zero attached hydrogens (tertiary/aromatic N) is 4. The summed E-state index contributed by atoms with van der Waals surface area (Å²) in [5.41, 5.74) is 2.13. The molecule has 1 aliphatic rings. The van der Waals surface area contributed by atoms with Gasteiger partial charge in [0.15, 0.2) is 0 Å². The van der Waals surface area contributed by atoms with Gasteiger partial charge in [0, 0.05) is 23.6 Å². The zero-order valence-electron chi connectivity index (χ0n) is 11.7. The largest absolute Gasteiger partial charge is 0.335 e. The molecule has 5 heteroatoms. The molecule has 0 aliphatic carbocycles. The minimum atomic E-state index is 0.475. The first kappa shape index (κ1) is 13.6. The molecule has 2 atom stereocenters. The van der Waals surface area contributed by atoms with Crippen molar-refractivity contribution < 1.29 is 0 Å².